The molecule has 96 valence electrons. The molecule has 19 heavy (non-hydrogen) atoms. The van der Waals surface area contributed by atoms with Crippen molar-refractivity contribution in [3.63, 3.8) is 0 Å². The number of nitrogens with zero attached hydrogens (tertiary/aromatic N) is 3. The van der Waals surface area contributed by atoms with E-state index in [9.17, 15) is 0 Å². The molecule has 0 fully saturated rings. The van der Waals surface area contributed by atoms with Gasteiger partial charge in [0.25, 0.3) is 0 Å². The van der Waals surface area contributed by atoms with Gasteiger partial charge in [-0.15, -0.1) is 0 Å². The second-order valence-corrected chi connectivity index (χ2v) is 7.04. The van der Waals surface area contributed by atoms with E-state index in [-0.39, 0.29) is 0 Å². The van der Waals surface area contributed by atoms with Crippen molar-refractivity contribution >= 4 is 19.4 Å². The second kappa shape index (κ2) is 7.65. The van der Waals surface area contributed by atoms with Crippen LogP contribution in [0.5, 0.6) is 0 Å². The first-order valence-electron chi connectivity index (χ1n) is 6.15. The second-order valence-electron chi connectivity index (χ2n) is 4.16. The zero-order chi connectivity index (χ0) is 13.3. The third-order valence-corrected chi connectivity index (χ3v) is 5.20. The summed E-state index contributed by atoms with van der Waals surface area (Å²) in [4.78, 5) is 3.30. The first kappa shape index (κ1) is 13.7. The van der Waals surface area contributed by atoms with E-state index in [1.165, 1.54) is 10.0 Å². The summed E-state index contributed by atoms with van der Waals surface area (Å²) in [6.45, 7) is 0.570. The van der Waals surface area contributed by atoms with Crippen LogP contribution < -0.4 is 4.46 Å². The quantitative estimate of drug-likeness (QED) is 0.340. The fourth-order valence-electron chi connectivity index (χ4n) is 1.84. The standard InChI is InChI=1S/C15H15N3Se/c16-18-17-12-15(11-13-7-3-1-4-8-13)19-14-9-5-2-6-10-14/h1-10,15H,11-12H2. The van der Waals surface area contributed by atoms with Crippen molar-refractivity contribution in [1.29, 1.82) is 0 Å². The molecule has 2 aromatic carbocycles. The molecule has 0 saturated heterocycles. The fraction of sp³-hybridized carbons (Fsp3) is 0.200. The maximum atomic E-state index is 8.51. The molecule has 1 atom stereocenters. The Hall–Kier alpha value is -1.73. The molecule has 0 aliphatic heterocycles. The van der Waals surface area contributed by atoms with Crippen LogP contribution in [0.2, 0.25) is 4.82 Å². The van der Waals surface area contributed by atoms with Gasteiger partial charge in [-0.05, 0) is 0 Å². The van der Waals surface area contributed by atoms with Gasteiger partial charge in [0.05, 0.1) is 0 Å². The van der Waals surface area contributed by atoms with Crippen molar-refractivity contribution in [1.82, 2.24) is 0 Å². The van der Waals surface area contributed by atoms with Gasteiger partial charge in [-0.25, -0.2) is 0 Å². The van der Waals surface area contributed by atoms with Crippen LogP contribution in [-0.4, -0.2) is 21.5 Å². The topological polar surface area (TPSA) is 48.8 Å². The summed E-state index contributed by atoms with van der Waals surface area (Å²) < 4.78 is 1.35. The number of benzene rings is 2. The summed E-state index contributed by atoms with van der Waals surface area (Å²) >= 11 is 0.325. The summed E-state index contributed by atoms with van der Waals surface area (Å²) in [6.07, 6.45) is 0.967. The molecule has 0 N–H and O–H groups in total. The van der Waals surface area contributed by atoms with Gasteiger partial charge in [0.2, 0.25) is 0 Å². The molecule has 3 nitrogen and oxygen atoms in total. The molecule has 4 heteroatoms. The van der Waals surface area contributed by atoms with Crippen LogP contribution in [0.15, 0.2) is 65.8 Å². The molecule has 0 aliphatic rings. The van der Waals surface area contributed by atoms with Gasteiger partial charge < -0.3 is 0 Å². The van der Waals surface area contributed by atoms with Crippen molar-refractivity contribution in [3.05, 3.63) is 76.7 Å². The molecule has 0 amide bonds. The monoisotopic (exact) mass is 317 g/mol. The zero-order valence-electron chi connectivity index (χ0n) is 10.5. The first-order chi connectivity index (χ1) is 9.38. The van der Waals surface area contributed by atoms with Gasteiger partial charge in [0, 0.05) is 0 Å². The zero-order valence-corrected chi connectivity index (χ0v) is 12.2. The van der Waals surface area contributed by atoms with Crippen molar-refractivity contribution in [2.24, 2.45) is 5.11 Å². The molecular weight excluding hydrogens is 301 g/mol. The fourth-order valence-corrected chi connectivity index (χ4v) is 4.18. The summed E-state index contributed by atoms with van der Waals surface area (Å²) in [5, 5.41) is 3.76. The van der Waals surface area contributed by atoms with E-state index in [2.05, 4.69) is 58.6 Å². The molecule has 0 aliphatic carbocycles. The van der Waals surface area contributed by atoms with Crippen molar-refractivity contribution in [2.45, 2.75) is 11.2 Å². The predicted molar refractivity (Wildman–Crippen MR) is 79.7 cm³/mol. The van der Waals surface area contributed by atoms with Gasteiger partial charge in [0.15, 0.2) is 0 Å². The molecule has 0 aromatic heterocycles. The van der Waals surface area contributed by atoms with E-state index in [4.69, 9.17) is 5.53 Å². The van der Waals surface area contributed by atoms with E-state index < -0.39 is 0 Å². The molecule has 0 saturated carbocycles. The third-order valence-electron chi connectivity index (χ3n) is 2.70. The molecule has 2 aromatic rings. The number of rotatable bonds is 6. The molecular formula is C15H15N3Se. The van der Waals surface area contributed by atoms with Crippen LogP contribution in [0.1, 0.15) is 5.56 Å². The van der Waals surface area contributed by atoms with Crippen molar-refractivity contribution < 1.29 is 0 Å². The van der Waals surface area contributed by atoms with E-state index in [1.54, 1.807) is 0 Å². The van der Waals surface area contributed by atoms with Gasteiger partial charge in [0.1, 0.15) is 0 Å². The van der Waals surface area contributed by atoms with Crippen LogP contribution >= 0.6 is 0 Å². The van der Waals surface area contributed by atoms with Gasteiger partial charge in [-0.3, -0.25) is 0 Å². The molecule has 0 bridgehead atoms. The Morgan fingerprint density at radius 3 is 2.26 bits per heavy atom. The molecule has 0 radical (unpaired) electrons. The molecule has 0 heterocycles. The van der Waals surface area contributed by atoms with Gasteiger partial charge in [-0.1, -0.05) is 0 Å². The Kier molecular flexibility index (Phi) is 5.51. The third kappa shape index (κ3) is 4.80. The van der Waals surface area contributed by atoms with Crippen molar-refractivity contribution in [3.8, 4) is 0 Å². The summed E-state index contributed by atoms with van der Waals surface area (Å²) in [5.74, 6) is 0. The number of hydrogen-bond acceptors (Lipinski definition) is 1. The molecule has 0 spiro atoms. The van der Waals surface area contributed by atoms with Gasteiger partial charge in [-0.2, -0.15) is 0 Å². The van der Waals surface area contributed by atoms with Crippen LogP contribution in [0, 0.1) is 0 Å². The minimum atomic E-state index is 0.325. The summed E-state index contributed by atoms with van der Waals surface area (Å²) in [6, 6.07) is 20.8. The van der Waals surface area contributed by atoms with E-state index in [0.29, 0.717) is 26.3 Å². The summed E-state index contributed by atoms with van der Waals surface area (Å²) in [5.41, 5.74) is 9.82. The maximum absolute atomic E-state index is 8.51. The van der Waals surface area contributed by atoms with Crippen LogP contribution in [0.4, 0.5) is 0 Å². The predicted octanol–water partition coefficient (Wildman–Crippen LogP) is 3.36. The Balaban J connectivity index is 2.05. The molecule has 1 unspecified atom stereocenters. The number of hydrogen-bond donors (Lipinski definition) is 0. The van der Waals surface area contributed by atoms with Crippen LogP contribution in [0.25, 0.3) is 10.4 Å². The minimum absolute atomic E-state index is 0.325. The Morgan fingerprint density at radius 1 is 1.00 bits per heavy atom. The Bertz CT molecular complexity index is 494. The van der Waals surface area contributed by atoms with E-state index in [0.717, 1.165) is 6.42 Å². The average Bonchev–Trinajstić information content (AvgIpc) is 2.47. The molecule has 2 rings (SSSR count). The van der Waals surface area contributed by atoms with Crippen molar-refractivity contribution in [2.75, 3.05) is 6.54 Å². The Labute approximate surface area is 119 Å². The van der Waals surface area contributed by atoms with Crippen LogP contribution in [0.3, 0.4) is 0 Å². The average molecular weight is 316 g/mol. The SMILES string of the molecule is [N-]=[N+]=NCC(Cc1ccccc1)[Se]c1ccccc1. The summed E-state index contributed by atoms with van der Waals surface area (Å²) in [7, 11) is 0. The Morgan fingerprint density at radius 2 is 1.63 bits per heavy atom. The number of azide groups is 1. The first-order valence-corrected chi connectivity index (χ1v) is 7.99. The van der Waals surface area contributed by atoms with Crippen LogP contribution in [-0.2, 0) is 6.42 Å². The normalized spacial score (nSPS) is 11.6. The van der Waals surface area contributed by atoms with E-state index >= 15 is 0 Å². The van der Waals surface area contributed by atoms with Gasteiger partial charge >= 0.3 is 119 Å². The van der Waals surface area contributed by atoms with E-state index in [1.807, 2.05) is 12.1 Å².